The Balaban J connectivity index is 1.07. The molecule has 2 saturated heterocycles. The van der Waals surface area contributed by atoms with Gasteiger partial charge in [-0.2, -0.15) is 0 Å². The average molecular weight is 681 g/mol. The Labute approximate surface area is 289 Å². The maximum atomic E-state index is 13.6. The molecule has 260 valence electrons. The number of fused-ring (bicyclic) bond motifs is 2. The summed E-state index contributed by atoms with van der Waals surface area (Å²) in [5.41, 5.74) is 3.96. The highest BCUT2D eigenvalue weighted by Crippen LogP contribution is 2.39. The van der Waals surface area contributed by atoms with Gasteiger partial charge in [0.2, 0.25) is 5.91 Å². The van der Waals surface area contributed by atoms with Crippen LogP contribution in [0.3, 0.4) is 0 Å². The maximum absolute atomic E-state index is 13.6. The second-order valence-electron chi connectivity index (χ2n) is 13.3. The first kappa shape index (κ1) is 33.4. The normalized spacial score (nSPS) is 20.6. The number of nitrogens with zero attached hydrogens (tertiary/aromatic N) is 5. The molecule has 0 bridgehead atoms. The number of aryl methyl sites for hydroxylation is 1. The van der Waals surface area contributed by atoms with Crippen LogP contribution >= 0.6 is 0 Å². The molecule has 13 nitrogen and oxygen atoms in total. The minimum absolute atomic E-state index is 0.115. The van der Waals surface area contributed by atoms with Gasteiger partial charge in [-0.25, -0.2) is 0 Å². The highest BCUT2D eigenvalue weighted by molar-refractivity contribution is 6.22. The lowest BCUT2D eigenvalue weighted by Gasteiger charge is -2.43. The SMILES string of the molecule is COc1cc(-c2cn(C)c(=O)c3cnccc23)cc(OC)c1CN1CC[C@H]1CN(C)Cc1cccc2c1C(=O)N(C1CCC(=O)NC1O)C2=O. The number of carbonyl (C=O) groups excluding carboxylic acids is 3. The van der Waals surface area contributed by atoms with Gasteiger partial charge in [-0.15, -0.1) is 0 Å². The molecular weight excluding hydrogens is 640 g/mol. The van der Waals surface area contributed by atoms with Crippen LogP contribution in [0.15, 0.2) is 59.8 Å². The van der Waals surface area contributed by atoms with Crippen LogP contribution in [0.25, 0.3) is 21.9 Å². The minimum Gasteiger partial charge on any atom is -0.496 e. The van der Waals surface area contributed by atoms with E-state index >= 15 is 0 Å². The summed E-state index contributed by atoms with van der Waals surface area (Å²) in [7, 11) is 7.01. The van der Waals surface area contributed by atoms with E-state index in [0.29, 0.717) is 41.1 Å². The number of methoxy groups -OCH3 is 2. The number of pyridine rings is 2. The molecule has 0 spiro atoms. The molecule has 13 heteroatoms. The average Bonchev–Trinajstić information content (AvgIpc) is 3.36. The molecule has 2 N–H and O–H groups in total. The monoisotopic (exact) mass is 680 g/mol. The molecule has 50 heavy (non-hydrogen) atoms. The van der Waals surface area contributed by atoms with E-state index in [2.05, 4.69) is 20.1 Å². The molecule has 3 atom stereocenters. The summed E-state index contributed by atoms with van der Waals surface area (Å²) in [5.74, 6) is 0.175. The Kier molecular flexibility index (Phi) is 8.89. The first-order valence-corrected chi connectivity index (χ1v) is 16.7. The fourth-order valence-electron chi connectivity index (χ4n) is 7.51. The number of likely N-dealkylation sites (tertiary alicyclic amines) is 1. The van der Waals surface area contributed by atoms with Gasteiger partial charge in [-0.1, -0.05) is 12.1 Å². The first-order valence-electron chi connectivity index (χ1n) is 16.7. The van der Waals surface area contributed by atoms with Crippen LogP contribution in [0.4, 0.5) is 0 Å². The molecule has 5 heterocycles. The smallest absolute Gasteiger partial charge is 0.262 e. The number of nitrogens with one attached hydrogen (secondary N) is 1. The summed E-state index contributed by atoms with van der Waals surface area (Å²) < 4.78 is 13.4. The molecule has 0 aliphatic carbocycles. The van der Waals surface area contributed by atoms with Crippen molar-refractivity contribution in [3.63, 3.8) is 0 Å². The predicted molar refractivity (Wildman–Crippen MR) is 185 cm³/mol. The minimum atomic E-state index is -1.30. The highest BCUT2D eigenvalue weighted by Gasteiger charge is 2.45. The number of rotatable bonds is 10. The van der Waals surface area contributed by atoms with Crippen molar-refractivity contribution in [1.82, 2.24) is 29.6 Å². The third-order valence-corrected chi connectivity index (χ3v) is 10.2. The van der Waals surface area contributed by atoms with Gasteiger partial charge in [-0.05, 0) is 60.7 Å². The van der Waals surface area contributed by atoms with Crippen molar-refractivity contribution >= 4 is 28.5 Å². The van der Waals surface area contributed by atoms with Gasteiger partial charge >= 0.3 is 0 Å². The standard InChI is InChI=1S/C37H40N6O7/c1-40(17-21-6-5-7-25-33(21)37(48)43(36(25)47)29-8-9-32(44)39-34(29)45)18-23-11-13-42(23)20-28-30(49-3)14-22(15-31(28)50-4)27-19-41(2)35(46)26-16-38-12-10-24(26)27/h5-7,10,12,14-16,19,23,29,34,45H,8-9,11,13,17-18,20H2,1-4H3,(H,39,44)/t23-,29?,34?/m0/s1. The van der Waals surface area contributed by atoms with E-state index in [4.69, 9.17) is 9.47 Å². The zero-order valence-corrected chi connectivity index (χ0v) is 28.5. The number of piperidine rings is 1. The van der Waals surface area contributed by atoms with Crippen molar-refractivity contribution in [3.8, 4) is 22.6 Å². The van der Waals surface area contributed by atoms with E-state index in [1.807, 2.05) is 37.5 Å². The van der Waals surface area contributed by atoms with Gasteiger partial charge in [0.15, 0.2) is 0 Å². The molecule has 3 aliphatic heterocycles. The molecule has 2 aromatic carbocycles. The van der Waals surface area contributed by atoms with Gasteiger partial charge in [0, 0.05) is 69.8 Å². The number of aliphatic hydroxyl groups excluding tert-OH is 1. The zero-order chi connectivity index (χ0) is 35.3. The van der Waals surface area contributed by atoms with Crippen LogP contribution in [-0.4, -0.2) is 99.7 Å². The summed E-state index contributed by atoms with van der Waals surface area (Å²) >= 11 is 0. The summed E-state index contributed by atoms with van der Waals surface area (Å²) in [4.78, 5) is 61.2. The summed E-state index contributed by atoms with van der Waals surface area (Å²) in [6.07, 6.45) is 5.13. The van der Waals surface area contributed by atoms with E-state index in [9.17, 15) is 24.3 Å². The van der Waals surface area contributed by atoms with Crippen LogP contribution < -0.4 is 20.3 Å². The summed E-state index contributed by atoms with van der Waals surface area (Å²) in [5, 5.41) is 14.2. The molecule has 3 aliphatic rings. The van der Waals surface area contributed by atoms with Gasteiger partial charge < -0.3 is 29.4 Å². The number of benzene rings is 2. The number of amides is 3. The van der Waals surface area contributed by atoms with Gasteiger partial charge in [0.25, 0.3) is 17.4 Å². The second-order valence-corrected chi connectivity index (χ2v) is 13.3. The Morgan fingerprint density at radius 3 is 2.44 bits per heavy atom. The molecule has 4 aromatic rings. The third-order valence-electron chi connectivity index (χ3n) is 10.2. The van der Waals surface area contributed by atoms with Crippen molar-refractivity contribution in [1.29, 1.82) is 0 Å². The molecule has 2 unspecified atom stereocenters. The first-order chi connectivity index (χ1) is 24.1. The second kappa shape index (κ2) is 13.3. The fraction of sp³-hybridized carbons (Fsp3) is 0.378. The zero-order valence-electron chi connectivity index (χ0n) is 28.5. The van der Waals surface area contributed by atoms with Crippen LogP contribution in [0.2, 0.25) is 0 Å². The van der Waals surface area contributed by atoms with Crippen LogP contribution in [-0.2, 0) is 24.9 Å². The number of hydrogen-bond donors (Lipinski definition) is 2. The molecule has 7 rings (SSSR count). The van der Waals surface area contributed by atoms with E-state index in [-0.39, 0.29) is 30.3 Å². The number of carbonyl (C=O) groups is 3. The van der Waals surface area contributed by atoms with E-state index in [0.717, 1.165) is 52.1 Å². The van der Waals surface area contributed by atoms with E-state index in [1.165, 1.54) is 0 Å². The molecule has 2 fully saturated rings. The number of imide groups is 1. The third kappa shape index (κ3) is 5.80. The van der Waals surface area contributed by atoms with Crippen molar-refractivity contribution in [2.45, 2.75) is 50.7 Å². The van der Waals surface area contributed by atoms with E-state index in [1.54, 1.807) is 50.4 Å². The van der Waals surface area contributed by atoms with Crippen molar-refractivity contribution in [2.24, 2.45) is 7.05 Å². The number of hydrogen-bond acceptors (Lipinski definition) is 10. The van der Waals surface area contributed by atoms with Crippen LogP contribution in [0, 0.1) is 0 Å². The van der Waals surface area contributed by atoms with Crippen molar-refractivity contribution in [3.05, 3.63) is 87.6 Å². The Bertz CT molecular complexity index is 2050. The quantitative estimate of drug-likeness (QED) is 0.240. The summed E-state index contributed by atoms with van der Waals surface area (Å²) in [6, 6.07) is 10.5. The Hall–Kier alpha value is -5.11. The van der Waals surface area contributed by atoms with Crippen LogP contribution in [0.1, 0.15) is 51.1 Å². The molecule has 0 saturated carbocycles. The van der Waals surface area contributed by atoms with Gasteiger partial charge in [0.1, 0.15) is 17.7 Å². The molecule has 2 aromatic heterocycles. The lowest BCUT2D eigenvalue weighted by Crippen LogP contribution is -2.57. The highest BCUT2D eigenvalue weighted by atomic mass is 16.5. The van der Waals surface area contributed by atoms with Gasteiger partial charge in [-0.3, -0.25) is 34.0 Å². The van der Waals surface area contributed by atoms with Crippen molar-refractivity contribution in [2.75, 3.05) is 34.4 Å². The fourth-order valence-corrected chi connectivity index (χ4v) is 7.51. The number of aliphatic hydroxyl groups is 1. The molecular formula is C37H40N6O7. The number of likely N-dealkylation sites (N-methyl/N-ethyl adjacent to an activating group) is 1. The lowest BCUT2D eigenvalue weighted by molar-refractivity contribution is -0.129. The maximum Gasteiger partial charge on any atom is 0.262 e. The number of ether oxygens (including phenoxy) is 2. The van der Waals surface area contributed by atoms with E-state index < -0.39 is 24.1 Å². The molecule has 0 radical (unpaired) electrons. The Morgan fingerprint density at radius 2 is 1.76 bits per heavy atom. The van der Waals surface area contributed by atoms with Gasteiger partial charge in [0.05, 0.1) is 42.3 Å². The topological polar surface area (TPSA) is 147 Å². The lowest BCUT2D eigenvalue weighted by atomic mass is 9.96. The largest absolute Gasteiger partial charge is 0.496 e. The van der Waals surface area contributed by atoms with Crippen LogP contribution in [0.5, 0.6) is 11.5 Å². The Morgan fingerprint density at radius 1 is 1.00 bits per heavy atom. The van der Waals surface area contributed by atoms with Crippen molar-refractivity contribution < 1.29 is 29.0 Å². The molecule has 3 amide bonds. The number of aromatic nitrogens is 2. The predicted octanol–water partition coefficient (Wildman–Crippen LogP) is 2.52. The summed E-state index contributed by atoms with van der Waals surface area (Å²) in [6.45, 7) is 2.68.